The van der Waals surface area contributed by atoms with E-state index in [0.717, 1.165) is 37.0 Å². The average molecular weight is 344 g/mol. The number of benzene rings is 1. The molecule has 5 heteroatoms. The van der Waals surface area contributed by atoms with Crippen LogP contribution >= 0.6 is 0 Å². The van der Waals surface area contributed by atoms with Gasteiger partial charge in [-0.2, -0.15) is 0 Å². The summed E-state index contributed by atoms with van der Waals surface area (Å²) in [5, 5.41) is 3.13. The third kappa shape index (κ3) is 3.97. The molecule has 2 amide bonds. The van der Waals surface area contributed by atoms with Crippen LogP contribution in [0.15, 0.2) is 24.3 Å². The van der Waals surface area contributed by atoms with E-state index in [0.29, 0.717) is 25.4 Å². The minimum Gasteiger partial charge on any atom is -0.496 e. The van der Waals surface area contributed by atoms with E-state index in [1.165, 1.54) is 0 Å². The van der Waals surface area contributed by atoms with Crippen LogP contribution < -0.4 is 10.1 Å². The number of hydrogen-bond acceptors (Lipinski definition) is 3. The molecule has 1 saturated carbocycles. The number of likely N-dealkylation sites (tertiary alicyclic amines) is 1. The fourth-order valence-electron chi connectivity index (χ4n) is 3.65. The van der Waals surface area contributed by atoms with Crippen molar-refractivity contribution in [3.63, 3.8) is 0 Å². The largest absolute Gasteiger partial charge is 0.496 e. The fourth-order valence-corrected chi connectivity index (χ4v) is 3.65. The number of unbranched alkanes of at least 4 members (excludes halogenated alkanes) is 1. The molecule has 2 fully saturated rings. The number of nitrogens with one attached hydrogen (secondary N) is 1. The molecule has 1 N–H and O–H groups in total. The van der Waals surface area contributed by atoms with Gasteiger partial charge < -0.3 is 15.0 Å². The molecule has 1 heterocycles. The van der Waals surface area contributed by atoms with Gasteiger partial charge in [0.25, 0.3) is 0 Å². The van der Waals surface area contributed by atoms with Crippen LogP contribution in [0.25, 0.3) is 0 Å². The number of amides is 2. The third-order valence-electron chi connectivity index (χ3n) is 5.18. The van der Waals surface area contributed by atoms with Gasteiger partial charge in [-0.15, -0.1) is 0 Å². The van der Waals surface area contributed by atoms with Gasteiger partial charge in [0, 0.05) is 24.6 Å². The summed E-state index contributed by atoms with van der Waals surface area (Å²) in [6, 6.07) is 7.84. The first-order valence-corrected chi connectivity index (χ1v) is 9.38. The summed E-state index contributed by atoms with van der Waals surface area (Å²) >= 11 is 0. The Hall–Kier alpha value is -2.04. The van der Waals surface area contributed by atoms with Crippen LogP contribution in [-0.2, 0) is 9.59 Å². The van der Waals surface area contributed by atoms with E-state index >= 15 is 0 Å². The summed E-state index contributed by atoms with van der Waals surface area (Å²) in [4.78, 5) is 27.4. The number of rotatable bonds is 7. The van der Waals surface area contributed by atoms with Crippen molar-refractivity contribution in [3.05, 3.63) is 29.8 Å². The van der Waals surface area contributed by atoms with Gasteiger partial charge in [0.05, 0.1) is 19.1 Å². The molecule has 1 aromatic carbocycles. The van der Waals surface area contributed by atoms with E-state index in [4.69, 9.17) is 4.74 Å². The standard InChI is InChI=1S/C20H28N2O3/c1-3-4-13-22-18(23)12-11-16(20(24)21-14-9-10-14)19(22)15-7-5-6-8-17(15)25-2/h5-8,14,16,19H,3-4,9-13H2,1-2H3,(H,21,24). The highest BCUT2D eigenvalue weighted by Crippen LogP contribution is 2.41. The predicted octanol–water partition coefficient (Wildman–Crippen LogP) is 3.05. The molecular formula is C20H28N2O3. The highest BCUT2D eigenvalue weighted by atomic mass is 16.5. The molecule has 1 aliphatic heterocycles. The zero-order valence-electron chi connectivity index (χ0n) is 15.2. The lowest BCUT2D eigenvalue weighted by atomic mass is 9.83. The predicted molar refractivity (Wildman–Crippen MR) is 96.2 cm³/mol. The molecule has 1 saturated heterocycles. The molecule has 2 atom stereocenters. The molecule has 0 spiro atoms. The molecule has 1 aliphatic carbocycles. The lowest BCUT2D eigenvalue weighted by molar-refractivity contribution is -0.143. The second-order valence-electron chi connectivity index (χ2n) is 7.06. The zero-order chi connectivity index (χ0) is 17.8. The van der Waals surface area contributed by atoms with E-state index in [9.17, 15) is 9.59 Å². The summed E-state index contributed by atoms with van der Waals surface area (Å²) in [6.07, 6.45) is 5.13. The highest BCUT2D eigenvalue weighted by Gasteiger charge is 2.42. The number of carbonyl (C=O) groups is 2. The van der Waals surface area contributed by atoms with Crippen LogP contribution in [0.3, 0.4) is 0 Å². The van der Waals surface area contributed by atoms with Crippen molar-refractivity contribution in [2.75, 3.05) is 13.7 Å². The maximum Gasteiger partial charge on any atom is 0.225 e. The molecular weight excluding hydrogens is 316 g/mol. The van der Waals surface area contributed by atoms with Crippen molar-refractivity contribution in [1.82, 2.24) is 10.2 Å². The van der Waals surface area contributed by atoms with Gasteiger partial charge in [0.1, 0.15) is 5.75 Å². The lowest BCUT2D eigenvalue weighted by Gasteiger charge is -2.41. The summed E-state index contributed by atoms with van der Waals surface area (Å²) in [7, 11) is 1.64. The van der Waals surface area contributed by atoms with Crippen molar-refractivity contribution in [2.45, 2.75) is 57.5 Å². The minimum atomic E-state index is -0.248. The number of nitrogens with zero attached hydrogens (tertiary/aromatic N) is 1. The van der Waals surface area contributed by atoms with Crippen LogP contribution in [0.1, 0.15) is 57.1 Å². The fraction of sp³-hybridized carbons (Fsp3) is 0.600. The first-order chi connectivity index (χ1) is 12.2. The van der Waals surface area contributed by atoms with Crippen molar-refractivity contribution in [3.8, 4) is 5.75 Å². The average Bonchev–Trinajstić information content (AvgIpc) is 3.44. The lowest BCUT2D eigenvalue weighted by Crippen LogP contribution is -2.48. The molecule has 3 rings (SSSR count). The second-order valence-corrected chi connectivity index (χ2v) is 7.06. The van der Waals surface area contributed by atoms with E-state index in [1.807, 2.05) is 29.2 Å². The van der Waals surface area contributed by atoms with Crippen LogP contribution in [-0.4, -0.2) is 36.4 Å². The van der Waals surface area contributed by atoms with Crippen molar-refractivity contribution in [1.29, 1.82) is 0 Å². The monoisotopic (exact) mass is 344 g/mol. The molecule has 136 valence electrons. The Kier molecular flexibility index (Phi) is 5.61. The van der Waals surface area contributed by atoms with Crippen LogP contribution in [0, 0.1) is 5.92 Å². The normalized spacial score (nSPS) is 23.4. The summed E-state index contributed by atoms with van der Waals surface area (Å²) in [5.74, 6) is 0.742. The van der Waals surface area contributed by atoms with Crippen LogP contribution in [0.2, 0.25) is 0 Å². The smallest absolute Gasteiger partial charge is 0.225 e. The molecule has 1 aromatic rings. The highest BCUT2D eigenvalue weighted by molar-refractivity contribution is 5.85. The number of piperidine rings is 1. The Morgan fingerprint density at radius 3 is 2.72 bits per heavy atom. The van der Waals surface area contributed by atoms with Gasteiger partial charge in [-0.25, -0.2) is 0 Å². The van der Waals surface area contributed by atoms with Crippen molar-refractivity contribution < 1.29 is 14.3 Å². The van der Waals surface area contributed by atoms with Crippen molar-refractivity contribution in [2.24, 2.45) is 5.92 Å². The summed E-state index contributed by atoms with van der Waals surface area (Å²) < 4.78 is 5.54. The molecule has 0 radical (unpaired) electrons. The van der Waals surface area contributed by atoms with E-state index < -0.39 is 0 Å². The number of para-hydroxylation sites is 1. The van der Waals surface area contributed by atoms with Crippen LogP contribution in [0.4, 0.5) is 0 Å². The van der Waals surface area contributed by atoms with Gasteiger partial charge in [-0.05, 0) is 31.7 Å². The van der Waals surface area contributed by atoms with E-state index in [2.05, 4.69) is 12.2 Å². The Balaban J connectivity index is 1.94. The topological polar surface area (TPSA) is 58.6 Å². The molecule has 2 unspecified atom stereocenters. The number of carbonyl (C=O) groups excluding carboxylic acids is 2. The van der Waals surface area contributed by atoms with E-state index in [-0.39, 0.29) is 23.8 Å². The number of hydrogen-bond donors (Lipinski definition) is 1. The number of ether oxygens (including phenoxy) is 1. The molecule has 5 nitrogen and oxygen atoms in total. The van der Waals surface area contributed by atoms with Gasteiger partial charge in [0.2, 0.25) is 11.8 Å². The van der Waals surface area contributed by atoms with E-state index in [1.54, 1.807) is 7.11 Å². The molecule has 2 aliphatic rings. The zero-order valence-corrected chi connectivity index (χ0v) is 15.2. The Bertz CT molecular complexity index is 627. The maximum atomic E-state index is 12.9. The van der Waals surface area contributed by atoms with Crippen molar-refractivity contribution >= 4 is 11.8 Å². The SMILES string of the molecule is CCCCN1C(=O)CCC(C(=O)NC2CC2)C1c1ccccc1OC. The first kappa shape index (κ1) is 17.8. The number of methoxy groups -OCH3 is 1. The Morgan fingerprint density at radius 2 is 2.04 bits per heavy atom. The van der Waals surface area contributed by atoms with Crippen LogP contribution in [0.5, 0.6) is 5.75 Å². The van der Waals surface area contributed by atoms with Gasteiger partial charge in [0.15, 0.2) is 0 Å². The third-order valence-corrected chi connectivity index (χ3v) is 5.18. The molecule has 0 aromatic heterocycles. The Morgan fingerprint density at radius 1 is 1.28 bits per heavy atom. The Labute approximate surface area is 149 Å². The van der Waals surface area contributed by atoms with Gasteiger partial charge in [-0.1, -0.05) is 31.5 Å². The van der Waals surface area contributed by atoms with Gasteiger partial charge >= 0.3 is 0 Å². The summed E-state index contributed by atoms with van der Waals surface area (Å²) in [6.45, 7) is 2.80. The maximum absolute atomic E-state index is 12.9. The second kappa shape index (κ2) is 7.89. The summed E-state index contributed by atoms with van der Waals surface area (Å²) in [5.41, 5.74) is 0.935. The van der Waals surface area contributed by atoms with Gasteiger partial charge in [-0.3, -0.25) is 9.59 Å². The molecule has 25 heavy (non-hydrogen) atoms. The first-order valence-electron chi connectivity index (χ1n) is 9.38. The minimum absolute atomic E-state index is 0.0763. The quantitative estimate of drug-likeness (QED) is 0.827. The molecule has 0 bridgehead atoms.